The molecule has 0 atom stereocenters. The predicted octanol–water partition coefficient (Wildman–Crippen LogP) is 0.814. The van der Waals surface area contributed by atoms with Crippen LogP contribution in [0.1, 0.15) is 12.7 Å². The van der Waals surface area contributed by atoms with Gasteiger partial charge in [0.25, 0.3) is 0 Å². The molecule has 0 bridgehead atoms. The van der Waals surface area contributed by atoms with E-state index in [-0.39, 0.29) is 5.91 Å². The van der Waals surface area contributed by atoms with Crippen LogP contribution in [0.15, 0.2) is 23.9 Å². The molecule has 108 valence electrons. The minimum absolute atomic E-state index is 0.0676. The fourth-order valence-corrected chi connectivity index (χ4v) is 2.30. The lowest BCUT2D eigenvalue weighted by Gasteiger charge is -2.16. The van der Waals surface area contributed by atoms with Crippen molar-refractivity contribution in [1.82, 2.24) is 29.6 Å². The summed E-state index contributed by atoms with van der Waals surface area (Å²) in [7, 11) is 1.80. The molecule has 0 aliphatic heterocycles. The summed E-state index contributed by atoms with van der Waals surface area (Å²) in [5.41, 5.74) is 0. The summed E-state index contributed by atoms with van der Waals surface area (Å²) in [6, 6.07) is 0. The van der Waals surface area contributed by atoms with Gasteiger partial charge in [0.2, 0.25) is 11.1 Å². The maximum Gasteiger partial charge on any atom is 0.232 e. The van der Waals surface area contributed by atoms with Gasteiger partial charge in [-0.3, -0.25) is 9.89 Å². The van der Waals surface area contributed by atoms with Gasteiger partial charge in [-0.15, -0.1) is 5.10 Å². The summed E-state index contributed by atoms with van der Waals surface area (Å²) < 4.78 is 1.94. The zero-order chi connectivity index (χ0) is 14.4. The standard InChI is InChI=1S/C12H18N6OS/c1-3-10-14-12(16-15-10)20-8-11(19)17(2)6-7-18-5-4-13-9-18/h4-5,9H,3,6-8H2,1-2H3,(H,14,15,16). The number of aryl methyl sites for hydroxylation is 1. The summed E-state index contributed by atoms with van der Waals surface area (Å²) in [4.78, 5) is 21.9. The molecule has 8 heteroatoms. The van der Waals surface area contributed by atoms with Gasteiger partial charge in [0.15, 0.2) is 0 Å². The first-order chi connectivity index (χ1) is 9.69. The number of thioether (sulfide) groups is 1. The van der Waals surface area contributed by atoms with Gasteiger partial charge in [-0.1, -0.05) is 18.7 Å². The Labute approximate surface area is 121 Å². The van der Waals surface area contributed by atoms with E-state index in [9.17, 15) is 4.79 Å². The Morgan fingerprint density at radius 1 is 1.55 bits per heavy atom. The van der Waals surface area contributed by atoms with Crippen LogP contribution in [0.2, 0.25) is 0 Å². The van der Waals surface area contributed by atoms with Crippen LogP contribution >= 0.6 is 11.8 Å². The highest BCUT2D eigenvalue weighted by atomic mass is 32.2. The molecule has 2 rings (SSSR count). The number of carbonyl (C=O) groups is 1. The van der Waals surface area contributed by atoms with Crippen LogP contribution in [0.25, 0.3) is 0 Å². The summed E-state index contributed by atoms with van der Waals surface area (Å²) in [5, 5.41) is 7.51. The van der Waals surface area contributed by atoms with Gasteiger partial charge >= 0.3 is 0 Å². The van der Waals surface area contributed by atoms with Gasteiger partial charge < -0.3 is 9.47 Å². The van der Waals surface area contributed by atoms with E-state index in [1.165, 1.54) is 11.8 Å². The lowest BCUT2D eigenvalue weighted by Crippen LogP contribution is -2.31. The monoisotopic (exact) mass is 294 g/mol. The normalized spacial score (nSPS) is 10.7. The van der Waals surface area contributed by atoms with Gasteiger partial charge in [-0.25, -0.2) is 9.97 Å². The Bertz CT molecular complexity index is 538. The fraction of sp³-hybridized carbons (Fsp3) is 0.500. The van der Waals surface area contributed by atoms with Gasteiger partial charge in [0.05, 0.1) is 12.1 Å². The van der Waals surface area contributed by atoms with Crippen LogP contribution < -0.4 is 0 Å². The van der Waals surface area contributed by atoms with E-state index in [1.807, 2.05) is 17.7 Å². The third-order valence-electron chi connectivity index (χ3n) is 2.85. The number of amides is 1. The lowest BCUT2D eigenvalue weighted by molar-refractivity contribution is -0.127. The van der Waals surface area contributed by atoms with Crippen molar-refractivity contribution in [2.24, 2.45) is 0 Å². The second-order valence-corrected chi connectivity index (χ2v) is 5.27. The van der Waals surface area contributed by atoms with Gasteiger partial charge in [0.1, 0.15) is 5.82 Å². The molecule has 0 fully saturated rings. The first kappa shape index (κ1) is 14.6. The van der Waals surface area contributed by atoms with Gasteiger partial charge in [0, 0.05) is 39.0 Å². The zero-order valence-electron chi connectivity index (χ0n) is 11.6. The minimum atomic E-state index is 0.0676. The maximum atomic E-state index is 12.0. The Hall–Kier alpha value is -1.83. The average Bonchev–Trinajstić information content (AvgIpc) is 3.13. The van der Waals surface area contributed by atoms with Gasteiger partial charge in [-0.2, -0.15) is 0 Å². The molecule has 1 N–H and O–H groups in total. The molecule has 2 heterocycles. The SMILES string of the molecule is CCc1nc(SCC(=O)N(C)CCn2ccnc2)n[nH]1. The Morgan fingerprint density at radius 2 is 2.40 bits per heavy atom. The Balaban J connectivity index is 1.73. The molecule has 0 saturated carbocycles. The highest BCUT2D eigenvalue weighted by molar-refractivity contribution is 7.99. The third kappa shape index (κ3) is 4.09. The number of nitrogens with one attached hydrogen (secondary N) is 1. The van der Waals surface area contributed by atoms with E-state index < -0.39 is 0 Å². The highest BCUT2D eigenvalue weighted by Crippen LogP contribution is 2.12. The van der Waals surface area contributed by atoms with E-state index >= 15 is 0 Å². The van der Waals surface area contributed by atoms with E-state index in [0.717, 1.165) is 18.8 Å². The van der Waals surface area contributed by atoms with Gasteiger partial charge in [-0.05, 0) is 0 Å². The smallest absolute Gasteiger partial charge is 0.232 e. The molecule has 0 aromatic carbocycles. The van der Waals surface area contributed by atoms with Crippen molar-refractivity contribution in [2.45, 2.75) is 25.0 Å². The van der Waals surface area contributed by atoms with Crippen molar-refractivity contribution in [3.8, 4) is 0 Å². The molecule has 0 saturated heterocycles. The molecule has 1 amide bonds. The molecule has 0 unspecified atom stereocenters. The quantitative estimate of drug-likeness (QED) is 0.765. The minimum Gasteiger partial charge on any atom is -0.343 e. The number of nitrogens with zero attached hydrogens (tertiary/aromatic N) is 5. The van der Waals surface area contributed by atoms with E-state index in [4.69, 9.17) is 0 Å². The molecule has 0 radical (unpaired) electrons. The molecular formula is C12H18N6OS. The Kier molecular flexibility index (Phi) is 5.16. The fourth-order valence-electron chi connectivity index (χ4n) is 1.55. The number of rotatable bonds is 7. The topological polar surface area (TPSA) is 79.7 Å². The van der Waals surface area contributed by atoms with Crippen LogP contribution in [0.3, 0.4) is 0 Å². The number of carbonyl (C=O) groups excluding carboxylic acids is 1. The molecule has 0 aliphatic carbocycles. The molecule has 0 spiro atoms. The second-order valence-electron chi connectivity index (χ2n) is 4.32. The number of hydrogen-bond acceptors (Lipinski definition) is 5. The van der Waals surface area contributed by atoms with E-state index in [2.05, 4.69) is 20.2 Å². The van der Waals surface area contributed by atoms with Crippen molar-refractivity contribution >= 4 is 17.7 Å². The number of aromatic nitrogens is 5. The number of imidazole rings is 1. The number of hydrogen-bond donors (Lipinski definition) is 1. The molecule has 2 aromatic rings. The molecule has 7 nitrogen and oxygen atoms in total. The molecule has 0 aliphatic rings. The van der Waals surface area contributed by atoms with Crippen molar-refractivity contribution < 1.29 is 4.79 Å². The third-order valence-corrected chi connectivity index (χ3v) is 3.68. The Morgan fingerprint density at radius 3 is 3.05 bits per heavy atom. The number of likely N-dealkylation sites (N-methyl/N-ethyl adjacent to an activating group) is 1. The van der Waals surface area contributed by atoms with Crippen molar-refractivity contribution in [3.05, 3.63) is 24.5 Å². The first-order valence-corrected chi connectivity index (χ1v) is 7.41. The molecular weight excluding hydrogens is 276 g/mol. The van der Waals surface area contributed by atoms with E-state index in [1.54, 1.807) is 24.5 Å². The average molecular weight is 294 g/mol. The van der Waals surface area contributed by atoms with Crippen molar-refractivity contribution in [3.63, 3.8) is 0 Å². The maximum absolute atomic E-state index is 12.0. The number of aromatic amines is 1. The first-order valence-electron chi connectivity index (χ1n) is 6.42. The number of H-pyrrole nitrogens is 1. The molecule has 2 aromatic heterocycles. The molecule has 20 heavy (non-hydrogen) atoms. The summed E-state index contributed by atoms with van der Waals surface area (Å²) in [6.45, 7) is 3.40. The van der Waals surface area contributed by atoms with Crippen LogP contribution in [-0.4, -0.2) is 54.9 Å². The summed E-state index contributed by atoms with van der Waals surface area (Å²) in [5.74, 6) is 1.26. The van der Waals surface area contributed by atoms with Crippen LogP contribution in [0.5, 0.6) is 0 Å². The summed E-state index contributed by atoms with van der Waals surface area (Å²) in [6.07, 6.45) is 6.17. The summed E-state index contributed by atoms with van der Waals surface area (Å²) >= 11 is 1.35. The van der Waals surface area contributed by atoms with Crippen LogP contribution in [0, 0.1) is 0 Å². The largest absolute Gasteiger partial charge is 0.343 e. The van der Waals surface area contributed by atoms with E-state index in [0.29, 0.717) is 17.5 Å². The van der Waals surface area contributed by atoms with Crippen molar-refractivity contribution in [1.29, 1.82) is 0 Å². The lowest BCUT2D eigenvalue weighted by atomic mass is 10.5. The second kappa shape index (κ2) is 7.09. The predicted molar refractivity (Wildman–Crippen MR) is 76.3 cm³/mol. The van der Waals surface area contributed by atoms with Crippen molar-refractivity contribution in [2.75, 3.05) is 19.3 Å². The highest BCUT2D eigenvalue weighted by Gasteiger charge is 2.11. The van der Waals surface area contributed by atoms with Crippen LogP contribution in [0.4, 0.5) is 0 Å². The zero-order valence-corrected chi connectivity index (χ0v) is 12.4. The van der Waals surface area contributed by atoms with Crippen LogP contribution in [-0.2, 0) is 17.8 Å².